The van der Waals surface area contributed by atoms with Crippen molar-refractivity contribution in [1.29, 1.82) is 0 Å². The Morgan fingerprint density at radius 2 is 2.10 bits per heavy atom. The third kappa shape index (κ3) is 2.34. The molecule has 0 radical (unpaired) electrons. The summed E-state index contributed by atoms with van der Waals surface area (Å²) < 4.78 is 7.40. The molecule has 2 unspecified atom stereocenters. The van der Waals surface area contributed by atoms with E-state index in [9.17, 15) is 5.11 Å². The topological polar surface area (TPSA) is 47.3 Å². The zero-order chi connectivity index (χ0) is 14.3. The summed E-state index contributed by atoms with van der Waals surface area (Å²) >= 11 is 0. The van der Waals surface area contributed by atoms with Crippen molar-refractivity contribution in [3.8, 4) is 5.75 Å². The Balaban J connectivity index is 1.94. The molecule has 2 atom stereocenters. The number of nitrogens with zero attached hydrogens (tertiary/aromatic N) is 2. The van der Waals surface area contributed by atoms with Gasteiger partial charge in [0.25, 0.3) is 0 Å². The maximum Gasteiger partial charge on any atom is 0.162 e. The van der Waals surface area contributed by atoms with Gasteiger partial charge in [-0.25, -0.2) is 0 Å². The van der Waals surface area contributed by atoms with Crippen molar-refractivity contribution in [3.63, 3.8) is 0 Å². The molecule has 0 aromatic carbocycles. The predicted octanol–water partition coefficient (Wildman–Crippen LogP) is 3.26. The molecule has 4 nitrogen and oxygen atoms in total. The molecule has 0 bridgehead atoms. The first-order chi connectivity index (χ1) is 9.55. The Morgan fingerprint density at radius 1 is 1.35 bits per heavy atom. The van der Waals surface area contributed by atoms with Gasteiger partial charge in [-0.2, -0.15) is 5.10 Å². The van der Waals surface area contributed by atoms with Crippen LogP contribution < -0.4 is 4.74 Å². The van der Waals surface area contributed by atoms with E-state index in [2.05, 4.69) is 18.9 Å². The summed E-state index contributed by atoms with van der Waals surface area (Å²) in [7, 11) is 1.66. The maximum atomic E-state index is 11.3. The lowest BCUT2D eigenvalue weighted by molar-refractivity contribution is -0.0347. The highest BCUT2D eigenvalue weighted by molar-refractivity contribution is 5.32. The highest BCUT2D eigenvalue weighted by Gasteiger charge is 2.45. The minimum Gasteiger partial charge on any atom is -0.493 e. The van der Waals surface area contributed by atoms with E-state index in [1.54, 1.807) is 13.3 Å². The second-order valence-electron chi connectivity index (χ2n) is 6.83. The van der Waals surface area contributed by atoms with Crippen LogP contribution in [0.4, 0.5) is 0 Å². The van der Waals surface area contributed by atoms with Gasteiger partial charge >= 0.3 is 0 Å². The molecule has 2 aliphatic rings. The van der Waals surface area contributed by atoms with E-state index in [4.69, 9.17) is 4.74 Å². The summed E-state index contributed by atoms with van der Waals surface area (Å²) in [6.07, 6.45) is 8.50. The number of rotatable bonds is 4. The van der Waals surface area contributed by atoms with Gasteiger partial charge < -0.3 is 9.84 Å². The monoisotopic (exact) mass is 278 g/mol. The molecule has 2 fully saturated rings. The van der Waals surface area contributed by atoms with Gasteiger partial charge in [0.2, 0.25) is 0 Å². The van der Waals surface area contributed by atoms with Crippen molar-refractivity contribution in [2.24, 2.45) is 11.8 Å². The first kappa shape index (κ1) is 13.9. The fraction of sp³-hybridized carbons (Fsp3) is 0.812. The van der Waals surface area contributed by atoms with Gasteiger partial charge in [0.15, 0.2) is 5.75 Å². The number of aliphatic hydroxyl groups is 1. The van der Waals surface area contributed by atoms with Gasteiger partial charge in [0.05, 0.1) is 13.3 Å². The molecule has 3 rings (SSSR count). The molecule has 1 heterocycles. The third-order valence-corrected chi connectivity index (χ3v) is 4.97. The van der Waals surface area contributed by atoms with Gasteiger partial charge in [-0.1, -0.05) is 0 Å². The first-order valence-corrected chi connectivity index (χ1v) is 7.89. The largest absolute Gasteiger partial charge is 0.493 e. The van der Waals surface area contributed by atoms with Crippen LogP contribution in [0.5, 0.6) is 5.75 Å². The molecule has 4 heteroatoms. The molecule has 2 saturated carbocycles. The van der Waals surface area contributed by atoms with Crippen molar-refractivity contribution >= 4 is 0 Å². The SMILES string of the molecule is COc1cnn(C(C)C)c1C1(O)CCCC(C2CC2)C1. The average Bonchev–Trinajstić information content (AvgIpc) is 3.16. The Kier molecular flexibility index (Phi) is 3.53. The predicted molar refractivity (Wildman–Crippen MR) is 77.7 cm³/mol. The van der Waals surface area contributed by atoms with Crippen molar-refractivity contribution in [3.05, 3.63) is 11.9 Å². The molecule has 1 N–H and O–H groups in total. The van der Waals surface area contributed by atoms with Crippen LogP contribution in [0, 0.1) is 11.8 Å². The Hall–Kier alpha value is -1.03. The molecule has 0 aliphatic heterocycles. The highest BCUT2D eigenvalue weighted by Crippen LogP contribution is 2.51. The van der Waals surface area contributed by atoms with E-state index in [0.717, 1.165) is 36.6 Å². The number of methoxy groups -OCH3 is 1. The molecule has 112 valence electrons. The fourth-order valence-corrected chi connectivity index (χ4v) is 3.81. The molecule has 0 spiro atoms. The number of hydrogen-bond acceptors (Lipinski definition) is 3. The Morgan fingerprint density at radius 3 is 2.70 bits per heavy atom. The second kappa shape index (κ2) is 5.06. The lowest BCUT2D eigenvalue weighted by Gasteiger charge is -2.38. The molecule has 2 aliphatic carbocycles. The molecular formula is C16H26N2O2. The maximum absolute atomic E-state index is 11.3. The van der Waals surface area contributed by atoms with E-state index in [0.29, 0.717) is 5.92 Å². The smallest absolute Gasteiger partial charge is 0.162 e. The fourth-order valence-electron chi connectivity index (χ4n) is 3.81. The van der Waals surface area contributed by atoms with Gasteiger partial charge in [-0.15, -0.1) is 0 Å². The minimum absolute atomic E-state index is 0.235. The van der Waals surface area contributed by atoms with E-state index in [-0.39, 0.29) is 6.04 Å². The van der Waals surface area contributed by atoms with Gasteiger partial charge in [0.1, 0.15) is 11.3 Å². The van der Waals surface area contributed by atoms with Gasteiger partial charge in [-0.05, 0) is 64.2 Å². The van der Waals surface area contributed by atoms with Gasteiger partial charge in [0, 0.05) is 6.04 Å². The second-order valence-corrected chi connectivity index (χ2v) is 6.83. The van der Waals surface area contributed by atoms with Crippen LogP contribution in [0.2, 0.25) is 0 Å². The van der Waals surface area contributed by atoms with Gasteiger partial charge in [-0.3, -0.25) is 4.68 Å². The summed E-state index contributed by atoms with van der Waals surface area (Å²) in [5, 5.41) is 15.7. The first-order valence-electron chi connectivity index (χ1n) is 7.89. The zero-order valence-corrected chi connectivity index (χ0v) is 12.8. The van der Waals surface area contributed by atoms with Crippen LogP contribution in [0.15, 0.2) is 6.20 Å². The molecule has 1 aromatic heterocycles. The van der Waals surface area contributed by atoms with Crippen LogP contribution in [0.3, 0.4) is 0 Å². The Labute approximate surface area is 121 Å². The van der Waals surface area contributed by atoms with E-state index < -0.39 is 5.60 Å². The normalized spacial score (nSPS) is 30.8. The highest BCUT2D eigenvalue weighted by atomic mass is 16.5. The molecule has 20 heavy (non-hydrogen) atoms. The van der Waals surface area contributed by atoms with Crippen LogP contribution in [-0.2, 0) is 5.60 Å². The molecule has 0 amide bonds. The quantitative estimate of drug-likeness (QED) is 0.919. The van der Waals surface area contributed by atoms with Crippen molar-refractivity contribution in [2.75, 3.05) is 7.11 Å². The van der Waals surface area contributed by atoms with Crippen LogP contribution in [0.25, 0.3) is 0 Å². The number of ether oxygens (including phenoxy) is 1. The standard InChI is InChI=1S/C16H26N2O2/c1-11(2)18-15(14(20-3)10-17-18)16(19)8-4-5-13(9-16)12-6-7-12/h10-13,19H,4-9H2,1-3H3. The van der Waals surface area contributed by atoms with E-state index in [1.165, 1.54) is 19.3 Å². The van der Waals surface area contributed by atoms with E-state index >= 15 is 0 Å². The summed E-state index contributed by atoms with van der Waals surface area (Å²) in [4.78, 5) is 0. The van der Waals surface area contributed by atoms with E-state index in [1.807, 2.05) is 4.68 Å². The lowest BCUT2D eigenvalue weighted by Crippen LogP contribution is -2.36. The number of hydrogen-bond donors (Lipinski definition) is 1. The van der Waals surface area contributed by atoms with Crippen LogP contribution in [0.1, 0.15) is 64.1 Å². The molecule has 0 saturated heterocycles. The van der Waals surface area contributed by atoms with Crippen molar-refractivity contribution < 1.29 is 9.84 Å². The average molecular weight is 278 g/mol. The molecule has 1 aromatic rings. The van der Waals surface area contributed by atoms with Crippen LogP contribution >= 0.6 is 0 Å². The summed E-state index contributed by atoms with van der Waals surface area (Å²) in [6.45, 7) is 4.20. The number of aromatic nitrogens is 2. The third-order valence-electron chi connectivity index (χ3n) is 4.97. The summed E-state index contributed by atoms with van der Waals surface area (Å²) in [5.74, 6) is 2.26. The van der Waals surface area contributed by atoms with Crippen molar-refractivity contribution in [2.45, 2.75) is 64.0 Å². The van der Waals surface area contributed by atoms with Crippen LogP contribution in [-0.4, -0.2) is 22.0 Å². The Bertz CT molecular complexity index is 479. The molecular weight excluding hydrogens is 252 g/mol. The lowest BCUT2D eigenvalue weighted by atomic mass is 9.74. The minimum atomic E-state index is -0.766. The zero-order valence-electron chi connectivity index (χ0n) is 12.8. The van der Waals surface area contributed by atoms with Crippen molar-refractivity contribution in [1.82, 2.24) is 9.78 Å². The summed E-state index contributed by atoms with van der Waals surface area (Å²) in [6, 6.07) is 0.235. The summed E-state index contributed by atoms with van der Waals surface area (Å²) in [5.41, 5.74) is 0.123.